The van der Waals surface area contributed by atoms with E-state index in [0.29, 0.717) is 22.5 Å². The second-order valence-corrected chi connectivity index (χ2v) is 5.08. The predicted molar refractivity (Wildman–Crippen MR) is 87.7 cm³/mol. The summed E-state index contributed by atoms with van der Waals surface area (Å²) in [5.74, 6) is 0.914. The van der Waals surface area contributed by atoms with Crippen molar-refractivity contribution in [3.63, 3.8) is 0 Å². The molecule has 2 aromatic heterocycles. The van der Waals surface area contributed by atoms with Gasteiger partial charge in [-0.25, -0.2) is 4.98 Å². The lowest BCUT2D eigenvalue weighted by Crippen LogP contribution is -2.01. The Morgan fingerprint density at radius 3 is 2.77 bits per heavy atom. The van der Waals surface area contributed by atoms with Crippen LogP contribution in [0.2, 0.25) is 5.02 Å². The maximum absolute atomic E-state index is 6.12. The Morgan fingerprint density at radius 2 is 2.05 bits per heavy atom. The molecule has 3 aromatic rings. The molecule has 0 aliphatic rings. The molecule has 112 valence electrons. The third-order valence-electron chi connectivity index (χ3n) is 2.85. The molecule has 0 unspecified atom stereocenters. The molecule has 0 amide bonds. The number of nitrogen functional groups attached to an aromatic ring is 1. The molecule has 0 aliphatic carbocycles. The van der Waals surface area contributed by atoms with Gasteiger partial charge in [0.25, 0.3) is 0 Å². The molecule has 0 saturated carbocycles. The Labute approximate surface area is 132 Å². The number of hydrogen-bond acceptors (Lipinski definition) is 6. The lowest BCUT2D eigenvalue weighted by atomic mass is 10.3. The molecule has 8 heteroatoms. The minimum atomic E-state index is 0.418. The van der Waals surface area contributed by atoms with Crippen LogP contribution in [0.25, 0.3) is 0 Å². The van der Waals surface area contributed by atoms with Crippen LogP contribution >= 0.6 is 11.6 Å². The molecule has 1 aromatic carbocycles. The van der Waals surface area contributed by atoms with Gasteiger partial charge in [-0.3, -0.25) is 4.68 Å². The van der Waals surface area contributed by atoms with E-state index in [-0.39, 0.29) is 0 Å². The van der Waals surface area contributed by atoms with E-state index >= 15 is 0 Å². The topological polar surface area (TPSA) is 93.7 Å². The third kappa shape index (κ3) is 3.26. The summed E-state index contributed by atoms with van der Waals surface area (Å²) in [6.45, 7) is 0. The lowest BCUT2D eigenvalue weighted by Gasteiger charge is -2.09. The molecule has 0 aliphatic heterocycles. The average Bonchev–Trinajstić information content (AvgIpc) is 2.88. The Morgan fingerprint density at radius 1 is 1.18 bits per heavy atom. The zero-order valence-corrected chi connectivity index (χ0v) is 12.5. The zero-order valence-electron chi connectivity index (χ0n) is 11.8. The van der Waals surface area contributed by atoms with E-state index in [0.717, 1.165) is 11.4 Å². The average molecular weight is 316 g/mol. The molecule has 2 heterocycles. The molecule has 22 heavy (non-hydrogen) atoms. The van der Waals surface area contributed by atoms with Crippen molar-refractivity contribution in [1.82, 2.24) is 19.7 Å². The molecule has 0 fully saturated rings. The molecule has 0 atom stereocenters. The minimum Gasteiger partial charge on any atom is -0.399 e. The SMILES string of the molecule is Cn1cc(Nc2nc(Nc3cccc(N)c3)ncc2Cl)cn1. The molecule has 0 saturated heterocycles. The van der Waals surface area contributed by atoms with Crippen molar-refractivity contribution in [2.24, 2.45) is 7.05 Å². The lowest BCUT2D eigenvalue weighted by molar-refractivity contribution is 0.768. The van der Waals surface area contributed by atoms with Crippen molar-refractivity contribution in [3.05, 3.63) is 47.9 Å². The van der Waals surface area contributed by atoms with Crippen molar-refractivity contribution >= 4 is 40.4 Å². The summed E-state index contributed by atoms with van der Waals surface area (Å²) in [4.78, 5) is 8.51. The zero-order chi connectivity index (χ0) is 15.5. The smallest absolute Gasteiger partial charge is 0.229 e. The number of anilines is 5. The normalized spacial score (nSPS) is 10.5. The van der Waals surface area contributed by atoms with Gasteiger partial charge in [-0.15, -0.1) is 0 Å². The number of benzene rings is 1. The summed E-state index contributed by atoms with van der Waals surface area (Å²) in [5, 5.41) is 10.7. The van der Waals surface area contributed by atoms with E-state index < -0.39 is 0 Å². The predicted octanol–water partition coefficient (Wildman–Crippen LogP) is 2.93. The van der Waals surface area contributed by atoms with E-state index in [4.69, 9.17) is 17.3 Å². The molecule has 3 rings (SSSR count). The maximum atomic E-state index is 6.12. The monoisotopic (exact) mass is 315 g/mol. The molecular formula is C14H14ClN7. The van der Waals surface area contributed by atoms with Crippen LogP contribution in [-0.4, -0.2) is 19.7 Å². The molecule has 0 bridgehead atoms. The Balaban J connectivity index is 1.83. The largest absolute Gasteiger partial charge is 0.399 e. The highest BCUT2D eigenvalue weighted by Gasteiger charge is 2.07. The van der Waals surface area contributed by atoms with Crippen LogP contribution in [0.1, 0.15) is 0 Å². The first-order chi connectivity index (χ1) is 10.6. The molecular weight excluding hydrogens is 302 g/mol. The van der Waals surface area contributed by atoms with Crippen LogP contribution in [0.3, 0.4) is 0 Å². The van der Waals surface area contributed by atoms with Crippen molar-refractivity contribution in [3.8, 4) is 0 Å². The number of halogens is 1. The van der Waals surface area contributed by atoms with Gasteiger partial charge in [0.2, 0.25) is 5.95 Å². The summed E-state index contributed by atoms with van der Waals surface area (Å²) in [7, 11) is 1.83. The first kappa shape index (κ1) is 14.2. The van der Waals surface area contributed by atoms with E-state index in [2.05, 4.69) is 25.7 Å². The van der Waals surface area contributed by atoms with Gasteiger partial charge in [0.1, 0.15) is 5.02 Å². The highest BCUT2D eigenvalue weighted by molar-refractivity contribution is 6.32. The molecule has 4 N–H and O–H groups in total. The van der Waals surface area contributed by atoms with Gasteiger partial charge in [-0.05, 0) is 18.2 Å². The minimum absolute atomic E-state index is 0.418. The van der Waals surface area contributed by atoms with Crippen LogP contribution in [0, 0.1) is 0 Å². The summed E-state index contributed by atoms with van der Waals surface area (Å²) in [6, 6.07) is 7.33. The Hall–Kier alpha value is -2.80. The third-order valence-corrected chi connectivity index (χ3v) is 3.13. The second-order valence-electron chi connectivity index (χ2n) is 4.67. The number of hydrogen-bond donors (Lipinski definition) is 3. The van der Waals surface area contributed by atoms with E-state index in [1.54, 1.807) is 16.9 Å². The summed E-state index contributed by atoms with van der Waals surface area (Å²) < 4.78 is 1.68. The van der Waals surface area contributed by atoms with Crippen LogP contribution in [0.15, 0.2) is 42.9 Å². The fraction of sp³-hybridized carbons (Fsp3) is 0.0714. The van der Waals surface area contributed by atoms with E-state index in [1.165, 1.54) is 6.20 Å². The highest BCUT2D eigenvalue weighted by Crippen LogP contribution is 2.24. The number of aromatic nitrogens is 4. The van der Waals surface area contributed by atoms with Gasteiger partial charge in [-0.2, -0.15) is 10.1 Å². The van der Waals surface area contributed by atoms with Crippen molar-refractivity contribution in [1.29, 1.82) is 0 Å². The summed E-state index contributed by atoms with van der Waals surface area (Å²) >= 11 is 6.12. The van der Waals surface area contributed by atoms with Gasteiger partial charge >= 0.3 is 0 Å². The first-order valence-electron chi connectivity index (χ1n) is 6.51. The second kappa shape index (κ2) is 5.90. The van der Waals surface area contributed by atoms with Crippen LogP contribution in [0.4, 0.5) is 28.8 Å². The van der Waals surface area contributed by atoms with Gasteiger partial charge in [-0.1, -0.05) is 17.7 Å². The molecule has 7 nitrogen and oxygen atoms in total. The molecule has 0 radical (unpaired) electrons. The fourth-order valence-electron chi connectivity index (χ4n) is 1.88. The number of rotatable bonds is 4. The van der Waals surface area contributed by atoms with Gasteiger partial charge in [0, 0.05) is 24.6 Å². The first-order valence-corrected chi connectivity index (χ1v) is 6.89. The van der Waals surface area contributed by atoms with E-state index in [1.807, 2.05) is 31.4 Å². The number of nitrogens with one attached hydrogen (secondary N) is 2. The standard InChI is InChI=1S/C14H14ClN7/c1-22-8-11(6-18-22)19-13-12(15)7-17-14(21-13)20-10-4-2-3-9(16)5-10/h2-8H,16H2,1H3,(H2,17,19,20,21). The van der Waals surface area contributed by atoms with Crippen LogP contribution in [-0.2, 0) is 7.05 Å². The van der Waals surface area contributed by atoms with Crippen molar-refractivity contribution in [2.45, 2.75) is 0 Å². The van der Waals surface area contributed by atoms with Gasteiger partial charge < -0.3 is 16.4 Å². The summed E-state index contributed by atoms with van der Waals surface area (Å²) in [6.07, 6.45) is 5.04. The highest BCUT2D eigenvalue weighted by atomic mass is 35.5. The fourth-order valence-corrected chi connectivity index (χ4v) is 2.02. The van der Waals surface area contributed by atoms with E-state index in [9.17, 15) is 0 Å². The maximum Gasteiger partial charge on any atom is 0.229 e. The van der Waals surface area contributed by atoms with Crippen molar-refractivity contribution in [2.75, 3.05) is 16.4 Å². The van der Waals surface area contributed by atoms with Crippen LogP contribution < -0.4 is 16.4 Å². The van der Waals surface area contributed by atoms with Crippen molar-refractivity contribution < 1.29 is 0 Å². The number of nitrogens with zero attached hydrogens (tertiary/aromatic N) is 4. The number of nitrogens with two attached hydrogens (primary N) is 1. The molecule has 0 spiro atoms. The Bertz CT molecular complexity index is 799. The number of aryl methyl sites for hydroxylation is 1. The Kier molecular flexibility index (Phi) is 3.80. The summed E-state index contributed by atoms with van der Waals surface area (Å²) in [5.41, 5.74) is 8.00. The van der Waals surface area contributed by atoms with Gasteiger partial charge in [0.05, 0.1) is 18.1 Å². The van der Waals surface area contributed by atoms with Crippen LogP contribution in [0.5, 0.6) is 0 Å². The van der Waals surface area contributed by atoms with Gasteiger partial charge in [0.15, 0.2) is 5.82 Å². The quantitative estimate of drug-likeness (QED) is 0.641.